The zero-order chi connectivity index (χ0) is 9.35. The molecule has 1 aliphatic carbocycles. The molecule has 0 saturated carbocycles. The minimum Gasteiger partial charge on any atom is -0.313 e. The number of allylic oxidation sites excluding steroid dienone is 1. The van der Waals surface area contributed by atoms with Gasteiger partial charge in [0.1, 0.15) is 0 Å². The first-order chi connectivity index (χ1) is 5.53. The first kappa shape index (κ1) is 9.53. The quantitative estimate of drug-likeness (QED) is 0.663. The molecule has 68 valence electrons. The summed E-state index contributed by atoms with van der Waals surface area (Å²) in [5, 5.41) is 3.36. The first-order valence-electron chi connectivity index (χ1n) is 4.52. The molecule has 1 N–H and O–H groups in total. The second kappa shape index (κ2) is 3.06. The van der Waals surface area contributed by atoms with Gasteiger partial charge < -0.3 is 5.32 Å². The lowest BCUT2D eigenvalue weighted by Crippen LogP contribution is -2.37. The van der Waals surface area contributed by atoms with Gasteiger partial charge in [-0.05, 0) is 31.4 Å². The zero-order valence-electron chi connectivity index (χ0n) is 8.57. The van der Waals surface area contributed by atoms with E-state index >= 15 is 0 Å². The monoisotopic (exact) mass is 165 g/mol. The maximum Gasteiger partial charge on any atom is 0.0371 e. The molecule has 1 atom stereocenters. The fourth-order valence-electron chi connectivity index (χ4n) is 2.39. The van der Waals surface area contributed by atoms with Crippen LogP contribution in [0.3, 0.4) is 0 Å². The van der Waals surface area contributed by atoms with Crippen molar-refractivity contribution in [3.8, 4) is 0 Å². The largest absolute Gasteiger partial charge is 0.313 e. The Labute approximate surface area is 75.6 Å². The van der Waals surface area contributed by atoms with E-state index in [1.165, 1.54) is 17.6 Å². The Morgan fingerprint density at radius 2 is 2.17 bits per heavy atom. The molecule has 0 radical (unpaired) electrons. The highest BCUT2D eigenvalue weighted by Crippen LogP contribution is 2.41. The molecule has 0 heterocycles. The predicted octanol–water partition coefficient (Wildman–Crippen LogP) is 2.51. The number of nitrogens with one attached hydrogen (secondary N) is 1. The fourth-order valence-corrected chi connectivity index (χ4v) is 2.39. The van der Waals surface area contributed by atoms with Gasteiger partial charge in [-0.1, -0.05) is 32.1 Å². The van der Waals surface area contributed by atoms with Crippen molar-refractivity contribution < 1.29 is 0 Å². The van der Waals surface area contributed by atoms with Crippen LogP contribution in [0.5, 0.6) is 0 Å². The molecule has 1 rings (SSSR count). The summed E-state index contributed by atoms with van der Waals surface area (Å²) in [7, 11) is 2.02. The van der Waals surface area contributed by atoms with Crippen LogP contribution in [-0.4, -0.2) is 13.1 Å². The van der Waals surface area contributed by atoms with E-state index in [0.29, 0.717) is 11.5 Å². The van der Waals surface area contributed by atoms with Crippen molar-refractivity contribution in [2.75, 3.05) is 7.05 Å². The zero-order valence-corrected chi connectivity index (χ0v) is 8.57. The van der Waals surface area contributed by atoms with Crippen molar-refractivity contribution in [1.82, 2.24) is 5.32 Å². The lowest BCUT2D eigenvalue weighted by molar-refractivity contribution is 0.310. The summed E-state index contributed by atoms with van der Waals surface area (Å²) in [6, 6.07) is 0.481. The molecule has 0 aromatic carbocycles. The van der Waals surface area contributed by atoms with Crippen LogP contribution in [0.4, 0.5) is 0 Å². The molecule has 12 heavy (non-hydrogen) atoms. The number of likely N-dealkylation sites (N-methyl/N-ethyl adjacent to an activating group) is 1. The lowest BCUT2D eigenvalue weighted by atomic mass is 9.84. The second-order valence-corrected chi connectivity index (χ2v) is 4.33. The van der Waals surface area contributed by atoms with Crippen molar-refractivity contribution in [3.05, 3.63) is 23.8 Å². The minimum atomic E-state index is 0.350. The molecule has 0 saturated heterocycles. The van der Waals surface area contributed by atoms with E-state index in [9.17, 15) is 0 Å². The Bertz CT molecular complexity index is 223. The van der Waals surface area contributed by atoms with Gasteiger partial charge in [-0.3, -0.25) is 0 Å². The van der Waals surface area contributed by atoms with Crippen LogP contribution in [0.15, 0.2) is 23.8 Å². The summed E-state index contributed by atoms with van der Waals surface area (Å²) in [6.07, 6.45) is 3.17. The van der Waals surface area contributed by atoms with Gasteiger partial charge in [0.15, 0.2) is 0 Å². The Kier molecular flexibility index (Phi) is 2.43. The van der Waals surface area contributed by atoms with Gasteiger partial charge in [0.25, 0.3) is 0 Å². The molecule has 1 nitrogen and oxygen atoms in total. The SMILES string of the molecule is C=CC1=C(C)CC(C)(C)C1NC. The van der Waals surface area contributed by atoms with Gasteiger partial charge in [0.2, 0.25) is 0 Å². The predicted molar refractivity (Wildman–Crippen MR) is 54.1 cm³/mol. The van der Waals surface area contributed by atoms with E-state index in [2.05, 4.69) is 32.7 Å². The second-order valence-electron chi connectivity index (χ2n) is 4.33. The molecule has 0 aromatic heterocycles. The molecule has 1 aliphatic rings. The first-order valence-corrected chi connectivity index (χ1v) is 4.52. The topological polar surface area (TPSA) is 12.0 Å². The third-order valence-corrected chi connectivity index (χ3v) is 2.81. The summed E-state index contributed by atoms with van der Waals surface area (Å²) in [4.78, 5) is 0. The minimum absolute atomic E-state index is 0.350. The van der Waals surface area contributed by atoms with Crippen molar-refractivity contribution in [2.24, 2.45) is 5.41 Å². The van der Waals surface area contributed by atoms with Crippen LogP contribution in [0.25, 0.3) is 0 Å². The van der Waals surface area contributed by atoms with Crippen molar-refractivity contribution >= 4 is 0 Å². The van der Waals surface area contributed by atoms with Crippen LogP contribution in [0.2, 0.25) is 0 Å². The van der Waals surface area contributed by atoms with Gasteiger partial charge in [-0.25, -0.2) is 0 Å². The molecule has 0 fully saturated rings. The van der Waals surface area contributed by atoms with Gasteiger partial charge in [-0.2, -0.15) is 0 Å². The molecule has 1 heteroatoms. The fraction of sp³-hybridized carbons (Fsp3) is 0.636. The highest BCUT2D eigenvalue weighted by molar-refractivity contribution is 5.36. The average Bonchev–Trinajstić information content (AvgIpc) is 2.18. The number of hydrogen-bond donors (Lipinski definition) is 1. The lowest BCUT2D eigenvalue weighted by Gasteiger charge is -2.28. The van der Waals surface area contributed by atoms with E-state index in [1.807, 2.05) is 13.1 Å². The molecular weight excluding hydrogens is 146 g/mol. The van der Waals surface area contributed by atoms with Crippen LogP contribution >= 0.6 is 0 Å². The van der Waals surface area contributed by atoms with Crippen LogP contribution in [0, 0.1) is 5.41 Å². The Morgan fingerprint density at radius 3 is 2.50 bits per heavy atom. The Morgan fingerprint density at radius 1 is 1.58 bits per heavy atom. The van der Waals surface area contributed by atoms with Gasteiger partial charge in [-0.15, -0.1) is 0 Å². The third-order valence-electron chi connectivity index (χ3n) is 2.81. The number of hydrogen-bond acceptors (Lipinski definition) is 1. The molecule has 0 bridgehead atoms. The van der Waals surface area contributed by atoms with Crippen LogP contribution in [0.1, 0.15) is 27.2 Å². The van der Waals surface area contributed by atoms with Gasteiger partial charge in [0.05, 0.1) is 0 Å². The summed E-state index contributed by atoms with van der Waals surface area (Å²) < 4.78 is 0. The molecule has 0 aliphatic heterocycles. The van der Waals surface area contributed by atoms with Gasteiger partial charge >= 0.3 is 0 Å². The van der Waals surface area contributed by atoms with E-state index in [4.69, 9.17) is 0 Å². The van der Waals surface area contributed by atoms with Crippen molar-refractivity contribution in [1.29, 1.82) is 0 Å². The summed E-state index contributed by atoms with van der Waals surface area (Å²) in [5.74, 6) is 0. The Balaban J connectivity index is 2.97. The summed E-state index contributed by atoms with van der Waals surface area (Å²) >= 11 is 0. The van der Waals surface area contributed by atoms with Crippen LogP contribution in [-0.2, 0) is 0 Å². The summed E-state index contributed by atoms with van der Waals surface area (Å²) in [5.41, 5.74) is 3.22. The molecule has 1 unspecified atom stereocenters. The smallest absolute Gasteiger partial charge is 0.0371 e. The highest BCUT2D eigenvalue weighted by atomic mass is 14.9. The Hall–Kier alpha value is -0.560. The maximum absolute atomic E-state index is 3.86. The van der Waals surface area contributed by atoms with E-state index in [-0.39, 0.29) is 0 Å². The van der Waals surface area contributed by atoms with E-state index in [1.54, 1.807) is 0 Å². The molecule has 0 spiro atoms. The van der Waals surface area contributed by atoms with E-state index < -0.39 is 0 Å². The van der Waals surface area contributed by atoms with Crippen molar-refractivity contribution in [2.45, 2.75) is 33.2 Å². The molecule has 0 aromatic rings. The normalized spacial score (nSPS) is 27.8. The van der Waals surface area contributed by atoms with E-state index in [0.717, 1.165) is 0 Å². The average molecular weight is 165 g/mol. The highest BCUT2D eigenvalue weighted by Gasteiger charge is 2.36. The third kappa shape index (κ3) is 1.34. The maximum atomic E-state index is 3.86. The van der Waals surface area contributed by atoms with Crippen molar-refractivity contribution in [3.63, 3.8) is 0 Å². The van der Waals surface area contributed by atoms with Crippen LogP contribution < -0.4 is 5.32 Å². The van der Waals surface area contributed by atoms with Gasteiger partial charge in [0, 0.05) is 6.04 Å². The molecular formula is C11H19N. The molecule has 0 amide bonds. The standard InChI is InChI=1S/C11H19N/c1-6-9-8(2)7-11(3,4)10(9)12-5/h6,10,12H,1,7H2,2-5H3. The number of rotatable bonds is 2. The summed E-state index contributed by atoms with van der Waals surface area (Å²) in [6.45, 7) is 10.7.